The molecule has 30 heavy (non-hydrogen) atoms. The van der Waals surface area contributed by atoms with Gasteiger partial charge in [-0.25, -0.2) is 4.79 Å². The Hall–Kier alpha value is -3.40. The number of amides is 2. The Morgan fingerprint density at radius 3 is 2.63 bits per heavy atom. The summed E-state index contributed by atoms with van der Waals surface area (Å²) in [5, 5.41) is 2.72. The van der Waals surface area contributed by atoms with Crippen LogP contribution in [0.15, 0.2) is 33.9 Å². The zero-order chi connectivity index (χ0) is 21.7. The highest BCUT2D eigenvalue weighted by Crippen LogP contribution is 2.31. The lowest BCUT2D eigenvalue weighted by Gasteiger charge is -2.28. The first-order valence-corrected chi connectivity index (χ1v) is 9.61. The third-order valence-electron chi connectivity index (χ3n) is 5.22. The highest BCUT2D eigenvalue weighted by molar-refractivity contribution is 6.29. The number of carbonyl (C=O) groups excluding carboxylic acids is 2. The van der Waals surface area contributed by atoms with Gasteiger partial charge in [0.1, 0.15) is 6.54 Å². The van der Waals surface area contributed by atoms with Gasteiger partial charge in [0.15, 0.2) is 11.2 Å². The van der Waals surface area contributed by atoms with Gasteiger partial charge in [-0.3, -0.25) is 28.1 Å². The van der Waals surface area contributed by atoms with E-state index >= 15 is 0 Å². The van der Waals surface area contributed by atoms with E-state index < -0.39 is 17.3 Å². The van der Waals surface area contributed by atoms with E-state index in [-0.39, 0.29) is 41.2 Å². The SMILES string of the molecule is CC1CC(=O)Nc2ccccc2N1C(=O)Cn1c(Cl)nc2c1c(=O)n(C)c(=O)n2C. The molecule has 0 radical (unpaired) electrons. The molecular formula is C19H19ClN6O4. The molecule has 3 heterocycles. The summed E-state index contributed by atoms with van der Waals surface area (Å²) in [7, 11) is 2.82. The molecule has 0 spiro atoms. The molecule has 2 aromatic heterocycles. The first-order chi connectivity index (χ1) is 14.2. The van der Waals surface area contributed by atoms with Crippen molar-refractivity contribution in [2.24, 2.45) is 14.1 Å². The summed E-state index contributed by atoms with van der Waals surface area (Å²) in [6, 6.07) is 6.58. The third kappa shape index (κ3) is 3.00. The van der Waals surface area contributed by atoms with Crippen molar-refractivity contribution >= 4 is 46.0 Å². The number of para-hydroxylation sites is 2. The summed E-state index contributed by atoms with van der Waals surface area (Å²) >= 11 is 6.24. The number of aromatic nitrogens is 4. The topological polar surface area (TPSA) is 111 Å². The van der Waals surface area contributed by atoms with E-state index in [2.05, 4.69) is 10.3 Å². The van der Waals surface area contributed by atoms with Gasteiger partial charge < -0.3 is 10.2 Å². The molecule has 0 fully saturated rings. The summed E-state index contributed by atoms with van der Waals surface area (Å²) in [6.45, 7) is 1.49. The minimum absolute atomic E-state index is 0.0583. The van der Waals surface area contributed by atoms with Crippen molar-refractivity contribution in [1.29, 1.82) is 0 Å². The Morgan fingerprint density at radius 2 is 1.90 bits per heavy atom. The van der Waals surface area contributed by atoms with Crippen LogP contribution in [0.5, 0.6) is 0 Å². The quantitative estimate of drug-likeness (QED) is 0.606. The fourth-order valence-electron chi connectivity index (χ4n) is 3.74. The molecule has 2 amide bonds. The monoisotopic (exact) mass is 430 g/mol. The maximum atomic E-state index is 13.3. The highest BCUT2D eigenvalue weighted by atomic mass is 35.5. The Labute approximate surface area is 175 Å². The van der Waals surface area contributed by atoms with Crippen LogP contribution in [0, 0.1) is 0 Å². The number of rotatable bonds is 2. The van der Waals surface area contributed by atoms with Gasteiger partial charge >= 0.3 is 5.69 Å². The minimum atomic E-state index is -0.596. The lowest BCUT2D eigenvalue weighted by molar-refractivity contribution is -0.119. The molecule has 1 N–H and O–H groups in total. The molecule has 156 valence electrons. The predicted octanol–water partition coefficient (Wildman–Crippen LogP) is 0.851. The van der Waals surface area contributed by atoms with Gasteiger partial charge in [-0.1, -0.05) is 12.1 Å². The minimum Gasteiger partial charge on any atom is -0.324 e. The molecule has 1 atom stereocenters. The number of nitrogens with zero attached hydrogens (tertiary/aromatic N) is 5. The molecule has 0 bridgehead atoms. The molecule has 1 unspecified atom stereocenters. The second-order valence-corrected chi connectivity index (χ2v) is 7.57. The van der Waals surface area contributed by atoms with Gasteiger partial charge in [-0.2, -0.15) is 4.98 Å². The normalized spacial score (nSPS) is 16.3. The van der Waals surface area contributed by atoms with Gasteiger partial charge in [0, 0.05) is 26.6 Å². The van der Waals surface area contributed by atoms with E-state index in [0.717, 1.165) is 4.57 Å². The van der Waals surface area contributed by atoms with Gasteiger partial charge in [0.05, 0.1) is 11.4 Å². The number of fused-ring (bicyclic) bond motifs is 2. The number of imidazole rings is 1. The van der Waals surface area contributed by atoms with Gasteiger partial charge in [-0.15, -0.1) is 0 Å². The first-order valence-electron chi connectivity index (χ1n) is 9.23. The average Bonchev–Trinajstić information content (AvgIpc) is 2.95. The second-order valence-electron chi connectivity index (χ2n) is 7.23. The largest absolute Gasteiger partial charge is 0.332 e. The van der Waals surface area contributed by atoms with E-state index in [0.29, 0.717) is 11.4 Å². The molecular weight excluding hydrogens is 412 g/mol. The smallest absolute Gasteiger partial charge is 0.324 e. The number of anilines is 2. The second kappa shape index (κ2) is 7.13. The summed E-state index contributed by atoms with van der Waals surface area (Å²) < 4.78 is 3.43. The summed E-state index contributed by atoms with van der Waals surface area (Å²) in [5.74, 6) is -0.566. The predicted molar refractivity (Wildman–Crippen MR) is 112 cm³/mol. The Kier molecular flexibility index (Phi) is 4.73. The van der Waals surface area contributed by atoms with Crippen LogP contribution in [0.2, 0.25) is 5.28 Å². The maximum absolute atomic E-state index is 13.3. The Bertz CT molecular complexity index is 1320. The average molecular weight is 431 g/mol. The lowest BCUT2D eigenvalue weighted by Crippen LogP contribution is -2.42. The van der Waals surface area contributed by atoms with Crippen molar-refractivity contribution in [3.63, 3.8) is 0 Å². The first kappa shape index (κ1) is 19.9. The summed E-state index contributed by atoms with van der Waals surface area (Å²) in [5.41, 5.74) is 0.105. The van der Waals surface area contributed by atoms with E-state index in [1.807, 2.05) is 0 Å². The molecule has 1 aliphatic heterocycles. The Morgan fingerprint density at radius 1 is 1.20 bits per heavy atom. The molecule has 0 saturated carbocycles. The summed E-state index contributed by atoms with van der Waals surface area (Å²) in [4.78, 5) is 56.0. The van der Waals surface area contributed by atoms with Crippen molar-refractivity contribution in [3.05, 3.63) is 50.4 Å². The van der Waals surface area contributed by atoms with Crippen LogP contribution in [-0.4, -0.2) is 36.5 Å². The zero-order valence-corrected chi connectivity index (χ0v) is 17.3. The molecule has 11 heteroatoms. The van der Waals surface area contributed by atoms with Crippen molar-refractivity contribution in [1.82, 2.24) is 18.7 Å². The Balaban J connectivity index is 1.83. The van der Waals surface area contributed by atoms with E-state index in [4.69, 9.17) is 11.6 Å². The molecule has 10 nitrogen and oxygen atoms in total. The number of aryl methyl sites for hydroxylation is 1. The fourth-order valence-corrected chi connectivity index (χ4v) is 3.97. The molecule has 1 aliphatic rings. The fraction of sp³-hybridized carbons (Fsp3) is 0.316. The molecule has 3 aromatic rings. The number of hydrogen-bond donors (Lipinski definition) is 1. The van der Waals surface area contributed by atoms with Crippen LogP contribution in [0.3, 0.4) is 0 Å². The standard InChI is InChI=1S/C19H19ClN6O4/c1-10-8-13(27)21-11-6-4-5-7-12(11)26(10)14(28)9-25-15-16(22-18(25)20)23(2)19(30)24(3)17(15)29/h4-7,10H,8-9H2,1-3H3,(H,21,27). The zero-order valence-electron chi connectivity index (χ0n) is 16.5. The maximum Gasteiger partial charge on any atom is 0.332 e. The molecule has 1 aromatic carbocycles. The van der Waals surface area contributed by atoms with Crippen LogP contribution < -0.4 is 21.5 Å². The number of nitrogens with one attached hydrogen (secondary N) is 1. The molecule has 0 aliphatic carbocycles. The number of hydrogen-bond acceptors (Lipinski definition) is 5. The van der Waals surface area contributed by atoms with E-state index in [1.165, 1.54) is 28.1 Å². The number of benzene rings is 1. The third-order valence-corrected chi connectivity index (χ3v) is 5.51. The van der Waals surface area contributed by atoms with Crippen LogP contribution >= 0.6 is 11.6 Å². The van der Waals surface area contributed by atoms with Crippen LogP contribution in [-0.2, 0) is 30.2 Å². The number of carbonyl (C=O) groups is 2. The van der Waals surface area contributed by atoms with Gasteiger partial charge in [-0.05, 0) is 30.7 Å². The number of halogens is 1. The van der Waals surface area contributed by atoms with Crippen LogP contribution in [0.25, 0.3) is 11.2 Å². The lowest BCUT2D eigenvalue weighted by atomic mass is 10.1. The van der Waals surface area contributed by atoms with Gasteiger partial charge in [0.2, 0.25) is 17.1 Å². The summed E-state index contributed by atoms with van der Waals surface area (Å²) in [6.07, 6.45) is 0.120. The van der Waals surface area contributed by atoms with E-state index in [9.17, 15) is 19.2 Å². The van der Waals surface area contributed by atoms with E-state index in [1.54, 1.807) is 31.2 Å². The van der Waals surface area contributed by atoms with Crippen LogP contribution in [0.4, 0.5) is 11.4 Å². The molecule has 4 rings (SSSR count). The van der Waals surface area contributed by atoms with Gasteiger partial charge in [0.25, 0.3) is 5.56 Å². The molecule has 0 saturated heterocycles. The van der Waals surface area contributed by atoms with Crippen LogP contribution in [0.1, 0.15) is 13.3 Å². The van der Waals surface area contributed by atoms with Crippen molar-refractivity contribution in [3.8, 4) is 0 Å². The van der Waals surface area contributed by atoms with Crippen molar-refractivity contribution < 1.29 is 9.59 Å². The van der Waals surface area contributed by atoms with Crippen molar-refractivity contribution in [2.45, 2.75) is 25.9 Å². The van der Waals surface area contributed by atoms with Crippen molar-refractivity contribution in [2.75, 3.05) is 10.2 Å². The highest BCUT2D eigenvalue weighted by Gasteiger charge is 2.31.